The molecular weight excluding hydrogens is 369 g/mol. The van der Waals surface area contributed by atoms with Crippen LogP contribution in [-0.4, -0.2) is 41.8 Å². The van der Waals surface area contributed by atoms with Crippen molar-refractivity contribution in [3.05, 3.63) is 77.4 Å². The molecule has 3 aromatic rings. The molecule has 0 unspecified atom stereocenters. The minimum Gasteiger partial charge on any atom is -0.497 e. The normalized spacial score (nSPS) is 16.8. The summed E-state index contributed by atoms with van der Waals surface area (Å²) in [6, 6.07) is 16.4. The maximum absolute atomic E-state index is 13.0. The van der Waals surface area contributed by atoms with Crippen LogP contribution in [0, 0.1) is 5.82 Å². The average molecular weight is 395 g/mol. The first-order chi connectivity index (χ1) is 14.2. The average Bonchev–Trinajstić information content (AvgIpc) is 3.42. The number of methoxy groups -OCH3 is 1. The highest BCUT2D eigenvalue weighted by Gasteiger charge is 2.25. The second-order valence-electron chi connectivity index (χ2n) is 7.44. The van der Waals surface area contributed by atoms with Gasteiger partial charge in [0.05, 0.1) is 18.5 Å². The van der Waals surface area contributed by atoms with Crippen LogP contribution in [0.3, 0.4) is 0 Å². The third-order valence-electron chi connectivity index (χ3n) is 5.43. The molecule has 152 valence electrons. The molecule has 29 heavy (non-hydrogen) atoms. The summed E-state index contributed by atoms with van der Waals surface area (Å²) in [5.74, 6) is 1.72. The lowest BCUT2D eigenvalue weighted by Gasteiger charge is -2.15. The van der Waals surface area contributed by atoms with Crippen molar-refractivity contribution in [1.82, 2.24) is 15.1 Å². The number of rotatable bonds is 8. The van der Waals surface area contributed by atoms with E-state index in [1.54, 1.807) is 19.2 Å². The molecule has 5 nitrogen and oxygen atoms in total. The standard InChI is InChI=1S/C23H26FN3O2/c1-28-21-6-2-17(3-7-21)10-12-27-13-11-18(15-27)23-14-20(25-26-23)16-29-22-8-4-19(24)5-9-22/h2-9,14,18H,10-13,15-16H2,1H3,(H,25,26)/t18-/m1/s1. The minimum atomic E-state index is -0.265. The van der Waals surface area contributed by atoms with Gasteiger partial charge in [0.15, 0.2) is 0 Å². The van der Waals surface area contributed by atoms with Crippen LogP contribution < -0.4 is 9.47 Å². The van der Waals surface area contributed by atoms with Gasteiger partial charge < -0.3 is 14.4 Å². The van der Waals surface area contributed by atoms with E-state index in [0.717, 1.165) is 49.6 Å². The highest BCUT2D eigenvalue weighted by atomic mass is 19.1. The van der Waals surface area contributed by atoms with E-state index in [9.17, 15) is 4.39 Å². The number of hydrogen-bond acceptors (Lipinski definition) is 4. The first kappa shape index (κ1) is 19.5. The van der Waals surface area contributed by atoms with Gasteiger partial charge in [0.1, 0.15) is 23.9 Å². The predicted octanol–water partition coefficient (Wildman–Crippen LogP) is 4.17. The summed E-state index contributed by atoms with van der Waals surface area (Å²) in [5, 5.41) is 7.56. The summed E-state index contributed by atoms with van der Waals surface area (Å²) in [6.07, 6.45) is 2.15. The lowest BCUT2D eigenvalue weighted by atomic mass is 10.1. The SMILES string of the molecule is COc1ccc(CCN2CC[C@@H](c3cc(COc4ccc(F)cc4)[nH]n3)C2)cc1. The van der Waals surface area contributed by atoms with E-state index in [2.05, 4.69) is 33.3 Å². The van der Waals surface area contributed by atoms with E-state index >= 15 is 0 Å². The lowest BCUT2D eigenvalue weighted by Crippen LogP contribution is -2.23. The molecule has 1 aromatic heterocycles. The fourth-order valence-corrected chi connectivity index (χ4v) is 3.71. The summed E-state index contributed by atoms with van der Waals surface area (Å²) in [7, 11) is 1.69. The van der Waals surface area contributed by atoms with Gasteiger partial charge in [-0.25, -0.2) is 4.39 Å². The predicted molar refractivity (Wildman–Crippen MR) is 110 cm³/mol. The van der Waals surface area contributed by atoms with Gasteiger partial charge in [0.2, 0.25) is 0 Å². The Morgan fingerprint density at radius 3 is 2.62 bits per heavy atom. The number of benzene rings is 2. The number of nitrogens with zero attached hydrogens (tertiary/aromatic N) is 2. The number of hydrogen-bond donors (Lipinski definition) is 1. The van der Waals surface area contributed by atoms with Gasteiger partial charge in [-0.15, -0.1) is 0 Å². The van der Waals surface area contributed by atoms with Crippen molar-refractivity contribution < 1.29 is 13.9 Å². The fourth-order valence-electron chi connectivity index (χ4n) is 3.71. The summed E-state index contributed by atoms with van der Waals surface area (Å²) < 4.78 is 23.9. The zero-order valence-corrected chi connectivity index (χ0v) is 16.6. The Morgan fingerprint density at radius 1 is 1.10 bits per heavy atom. The first-order valence-corrected chi connectivity index (χ1v) is 9.97. The van der Waals surface area contributed by atoms with Gasteiger partial charge in [-0.2, -0.15) is 5.10 Å². The van der Waals surface area contributed by atoms with Crippen LogP contribution in [0.25, 0.3) is 0 Å². The van der Waals surface area contributed by atoms with Crippen molar-refractivity contribution in [2.45, 2.75) is 25.4 Å². The summed E-state index contributed by atoms with van der Waals surface area (Å²) >= 11 is 0. The van der Waals surface area contributed by atoms with Crippen molar-refractivity contribution in [1.29, 1.82) is 0 Å². The highest BCUT2D eigenvalue weighted by molar-refractivity contribution is 5.27. The molecule has 1 N–H and O–H groups in total. The van der Waals surface area contributed by atoms with Crippen molar-refractivity contribution in [2.24, 2.45) is 0 Å². The van der Waals surface area contributed by atoms with E-state index in [1.165, 1.54) is 17.7 Å². The second kappa shape index (κ2) is 9.09. The molecule has 2 heterocycles. The van der Waals surface area contributed by atoms with Crippen molar-refractivity contribution in [3.8, 4) is 11.5 Å². The molecule has 0 radical (unpaired) electrons. The number of halogens is 1. The van der Waals surface area contributed by atoms with Gasteiger partial charge in [-0.05, 0) is 67.4 Å². The van der Waals surface area contributed by atoms with Crippen molar-refractivity contribution in [2.75, 3.05) is 26.7 Å². The third-order valence-corrected chi connectivity index (χ3v) is 5.43. The second-order valence-corrected chi connectivity index (χ2v) is 7.44. The number of nitrogens with one attached hydrogen (secondary N) is 1. The quantitative estimate of drug-likeness (QED) is 0.622. The Labute approximate surface area is 170 Å². The third kappa shape index (κ3) is 5.15. The van der Waals surface area contributed by atoms with Gasteiger partial charge in [-0.1, -0.05) is 12.1 Å². The monoisotopic (exact) mass is 395 g/mol. The zero-order valence-electron chi connectivity index (χ0n) is 16.6. The Hall–Kier alpha value is -2.86. The summed E-state index contributed by atoms with van der Waals surface area (Å²) in [4.78, 5) is 2.50. The van der Waals surface area contributed by atoms with Gasteiger partial charge in [0.25, 0.3) is 0 Å². The maximum atomic E-state index is 13.0. The largest absolute Gasteiger partial charge is 0.497 e. The van der Waals surface area contributed by atoms with Crippen LogP contribution in [0.2, 0.25) is 0 Å². The van der Waals surface area contributed by atoms with Crippen LogP contribution in [-0.2, 0) is 13.0 Å². The molecule has 0 saturated carbocycles. The molecule has 1 fully saturated rings. The molecule has 1 aliphatic rings. The molecule has 0 spiro atoms. The lowest BCUT2D eigenvalue weighted by molar-refractivity contribution is 0.300. The molecule has 1 aliphatic heterocycles. The maximum Gasteiger partial charge on any atom is 0.130 e. The van der Waals surface area contributed by atoms with Gasteiger partial charge >= 0.3 is 0 Å². The van der Waals surface area contributed by atoms with Crippen molar-refractivity contribution in [3.63, 3.8) is 0 Å². The molecule has 4 rings (SSSR count). The smallest absolute Gasteiger partial charge is 0.130 e. The Bertz CT molecular complexity index is 909. The number of likely N-dealkylation sites (tertiary alicyclic amines) is 1. The molecular formula is C23H26FN3O2. The van der Waals surface area contributed by atoms with Crippen LogP contribution in [0.1, 0.15) is 29.3 Å². The van der Waals surface area contributed by atoms with Gasteiger partial charge in [-0.3, -0.25) is 5.10 Å². The first-order valence-electron chi connectivity index (χ1n) is 9.97. The molecule has 2 aromatic carbocycles. The van der Waals surface area contributed by atoms with Crippen LogP contribution >= 0.6 is 0 Å². The number of aromatic nitrogens is 2. The summed E-state index contributed by atoms with van der Waals surface area (Å²) in [5.41, 5.74) is 3.35. The van der Waals surface area contributed by atoms with Crippen molar-refractivity contribution >= 4 is 0 Å². The minimum absolute atomic E-state index is 0.265. The van der Waals surface area contributed by atoms with E-state index in [0.29, 0.717) is 18.3 Å². The topological polar surface area (TPSA) is 50.4 Å². The van der Waals surface area contributed by atoms with E-state index < -0.39 is 0 Å². The number of aromatic amines is 1. The Kier molecular flexibility index (Phi) is 6.10. The molecule has 0 amide bonds. The van der Waals surface area contributed by atoms with Gasteiger partial charge in [0, 0.05) is 19.0 Å². The molecule has 1 saturated heterocycles. The summed E-state index contributed by atoms with van der Waals surface area (Å²) in [6.45, 7) is 3.56. The molecule has 1 atom stereocenters. The Morgan fingerprint density at radius 2 is 1.86 bits per heavy atom. The number of H-pyrrole nitrogens is 1. The number of ether oxygens (including phenoxy) is 2. The molecule has 6 heteroatoms. The van der Waals surface area contributed by atoms with Crippen LogP contribution in [0.15, 0.2) is 54.6 Å². The van der Waals surface area contributed by atoms with Crippen LogP contribution in [0.5, 0.6) is 11.5 Å². The fraction of sp³-hybridized carbons (Fsp3) is 0.348. The van der Waals surface area contributed by atoms with E-state index in [-0.39, 0.29) is 5.82 Å². The molecule has 0 aliphatic carbocycles. The molecule has 0 bridgehead atoms. The van der Waals surface area contributed by atoms with E-state index in [4.69, 9.17) is 9.47 Å². The van der Waals surface area contributed by atoms with Crippen LogP contribution in [0.4, 0.5) is 4.39 Å². The zero-order chi connectivity index (χ0) is 20.1. The van der Waals surface area contributed by atoms with E-state index in [1.807, 2.05) is 12.1 Å². The Balaban J connectivity index is 1.25. The highest BCUT2D eigenvalue weighted by Crippen LogP contribution is 2.26.